The fraction of sp³-hybridized carbons (Fsp3) is 0. The van der Waals surface area contributed by atoms with Crippen molar-refractivity contribution in [2.75, 3.05) is 5.73 Å². The predicted molar refractivity (Wildman–Crippen MR) is 52.9 cm³/mol. The lowest BCUT2D eigenvalue weighted by atomic mass is 10.3. The number of benzene rings is 1. The van der Waals surface area contributed by atoms with Crippen molar-refractivity contribution in [3.05, 3.63) is 42.5 Å². The molecule has 0 unspecified atom stereocenters. The molecule has 0 bridgehead atoms. The van der Waals surface area contributed by atoms with Crippen LogP contribution in [-0.4, -0.2) is 9.97 Å². The van der Waals surface area contributed by atoms with E-state index in [1.54, 1.807) is 6.07 Å². The normalized spacial score (nSPS) is 9.93. The molecule has 2 rings (SSSR count). The highest BCUT2D eigenvalue weighted by Crippen LogP contribution is 2.22. The summed E-state index contributed by atoms with van der Waals surface area (Å²) in [5.41, 5.74) is 5.51. The number of nitrogen functional groups attached to an aromatic ring is 1. The second-order valence-corrected chi connectivity index (χ2v) is 2.81. The number of anilines is 1. The summed E-state index contributed by atoms with van der Waals surface area (Å²) in [6, 6.07) is 5.72. The second kappa shape index (κ2) is 3.91. The lowest BCUT2D eigenvalue weighted by Gasteiger charge is -2.05. The molecular formula is C10H8FN3O. The minimum atomic E-state index is -0.380. The van der Waals surface area contributed by atoms with E-state index in [1.165, 1.54) is 30.6 Å². The molecule has 0 fully saturated rings. The van der Waals surface area contributed by atoms with Crippen LogP contribution in [0, 0.1) is 5.82 Å². The van der Waals surface area contributed by atoms with Crippen LogP contribution in [0.15, 0.2) is 36.7 Å². The molecule has 2 aromatic rings. The minimum Gasteiger partial charge on any atom is -0.436 e. The molecule has 15 heavy (non-hydrogen) atoms. The molecule has 1 aromatic heterocycles. The van der Waals surface area contributed by atoms with Crippen molar-refractivity contribution in [3.8, 4) is 11.6 Å². The first kappa shape index (κ1) is 9.39. The molecule has 0 saturated heterocycles. The smallest absolute Gasteiger partial charge is 0.262 e. The lowest BCUT2D eigenvalue weighted by Crippen LogP contribution is -1.97. The number of nitrogens with two attached hydrogens (primary N) is 1. The van der Waals surface area contributed by atoms with Crippen LogP contribution in [0.1, 0.15) is 0 Å². The number of ether oxygens (including phenoxy) is 1. The molecule has 0 radical (unpaired) electrons. The molecule has 0 saturated carbocycles. The molecule has 4 nitrogen and oxygen atoms in total. The van der Waals surface area contributed by atoms with E-state index in [0.29, 0.717) is 5.75 Å². The van der Waals surface area contributed by atoms with Gasteiger partial charge in [0.2, 0.25) is 0 Å². The van der Waals surface area contributed by atoms with E-state index in [2.05, 4.69) is 9.97 Å². The first-order chi connectivity index (χ1) is 7.25. The van der Waals surface area contributed by atoms with Gasteiger partial charge in [-0.15, -0.1) is 0 Å². The maximum absolute atomic E-state index is 12.8. The van der Waals surface area contributed by atoms with Gasteiger partial charge in [0.1, 0.15) is 11.6 Å². The Bertz CT molecular complexity index is 476. The third-order valence-electron chi connectivity index (χ3n) is 1.70. The average Bonchev–Trinajstić information content (AvgIpc) is 2.22. The topological polar surface area (TPSA) is 61.0 Å². The molecule has 2 N–H and O–H groups in total. The molecule has 0 aliphatic rings. The summed E-state index contributed by atoms with van der Waals surface area (Å²) >= 11 is 0. The van der Waals surface area contributed by atoms with Gasteiger partial charge in [-0.2, -0.15) is 0 Å². The third-order valence-corrected chi connectivity index (χ3v) is 1.70. The van der Waals surface area contributed by atoms with Crippen molar-refractivity contribution in [1.82, 2.24) is 9.97 Å². The molecule has 0 aliphatic heterocycles. The van der Waals surface area contributed by atoms with Gasteiger partial charge in [0.05, 0.1) is 0 Å². The lowest BCUT2D eigenvalue weighted by molar-refractivity contribution is 0.458. The summed E-state index contributed by atoms with van der Waals surface area (Å²) < 4.78 is 18.1. The molecule has 0 spiro atoms. The quantitative estimate of drug-likeness (QED) is 0.814. The number of hydrogen-bond donors (Lipinski definition) is 1. The van der Waals surface area contributed by atoms with Gasteiger partial charge in [0, 0.05) is 18.5 Å². The monoisotopic (exact) mass is 205 g/mol. The second-order valence-electron chi connectivity index (χ2n) is 2.81. The largest absolute Gasteiger partial charge is 0.436 e. The van der Waals surface area contributed by atoms with Gasteiger partial charge in [0.25, 0.3) is 5.88 Å². The minimum absolute atomic E-state index is 0.168. The summed E-state index contributed by atoms with van der Waals surface area (Å²) in [6.07, 6.45) is 2.90. The Morgan fingerprint density at radius 3 is 2.73 bits per heavy atom. The van der Waals surface area contributed by atoms with Crippen LogP contribution < -0.4 is 10.5 Å². The van der Waals surface area contributed by atoms with Crippen LogP contribution in [0.3, 0.4) is 0 Å². The number of rotatable bonds is 2. The van der Waals surface area contributed by atoms with Crippen molar-refractivity contribution in [2.24, 2.45) is 0 Å². The zero-order valence-electron chi connectivity index (χ0n) is 7.72. The molecule has 1 heterocycles. The fourth-order valence-electron chi connectivity index (χ4n) is 1.06. The van der Waals surface area contributed by atoms with Crippen LogP contribution in [0.4, 0.5) is 10.2 Å². The van der Waals surface area contributed by atoms with E-state index in [9.17, 15) is 4.39 Å². The molecule has 76 valence electrons. The number of aromatic nitrogens is 2. The Hall–Kier alpha value is -2.17. The van der Waals surface area contributed by atoms with Crippen molar-refractivity contribution in [3.63, 3.8) is 0 Å². The first-order valence-electron chi connectivity index (χ1n) is 4.25. The van der Waals surface area contributed by atoms with E-state index in [-0.39, 0.29) is 17.5 Å². The van der Waals surface area contributed by atoms with Gasteiger partial charge in [-0.25, -0.2) is 14.4 Å². The van der Waals surface area contributed by atoms with Crippen LogP contribution in [0.2, 0.25) is 0 Å². The maximum atomic E-state index is 12.8. The van der Waals surface area contributed by atoms with E-state index in [0.717, 1.165) is 0 Å². The SMILES string of the molecule is Nc1nccnc1Oc1cccc(F)c1. The van der Waals surface area contributed by atoms with Crippen LogP contribution in [0.25, 0.3) is 0 Å². The Morgan fingerprint density at radius 1 is 1.20 bits per heavy atom. The fourth-order valence-corrected chi connectivity index (χ4v) is 1.06. The Kier molecular flexibility index (Phi) is 2.45. The Balaban J connectivity index is 2.26. The van der Waals surface area contributed by atoms with E-state index in [1.807, 2.05) is 0 Å². The molecule has 0 amide bonds. The summed E-state index contributed by atoms with van der Waals surface area (Å²) in [7, 11) is 0. The Morgan fingerprint density at radius 2 is 2.00 bits per heavy atom. The van der Waals surface area contributed by atoms with Crippen molar-refractivity contribution in [2.45, 2.75) is 0 Å². The first-order valence-corrected chi connectivity index (χ1v) is 4.25. The third kappa shape index (κ3) is 2.19. The standard InChI is InChI=1S/C10H8FN3O/c11-7-2-1-3-8(6-7)15-10-9(12)13-4-5-14-10/h1-6H,(H2,12,13). The van der Waals surface area contributed by atoms with E-state index < -0.39 is 0 Å². The number of nitrogens with zero attached hydrogens (tertiary/aromatic N) is 2. The van der Waals surface area contributed by atoms with Gasteiger partial charge in [-0.05, 0) is 12.1 Å². The molecule has 5 heteroatoms. The van der Waals surface area contributed by atoms with Crippen LogP contribution in [0.5, 0.6) is 11.6 Å². The van der Waals surface area contributed by atoms with Crippen LogP contribution in [-0.2, 0) is 0 Å². The summed E-state index contributed by atoms with van der Waals surface area (Å²) in [5, 5.41) is 0. The maximum Gasteiger partial charge on any atom is 0.262 e. The average molecular weight is 205 g/mol. The van der Waals surface area contributed by atoms with Crippen molar-refractivity contribution in [1.29, 1.82) is 0 Å². The molecule has 1 aromatic carbocycles. The molecule has 0 atom stereocenters. The van der Waals surface area contributed by atoms with Gasteiger partial charge < -0.3 is 10.5 Å². The van der Waals surface area contributed by atoms with Gasteiger partial charge in [0.15, 0.2) is 5.82 Å². The van der Waals surface area contributed by atoms with Gasteiger partial charge in [-0.1, -0.05) is 6.07 Å². The highest BCUT2D eigenvalue weighted by Gasteiger charge is 2.04. The van der Waals surface area contributed by atoms with Crippen LogP contribution >= 0.6 is 0 Å². The summed E-state index contributed by atoms with van der Waals surface area (Å²) in [6.45, 7) is 0. The number of halogens is 1. The zero-order chi connectivity index (χ0) is 10.7. The van der Waals surface area contributed by atoms with E-state index in [4.69, 9.17) is 10.5 Å². The zero-order valence-corrected chi connectivity index (χ0v) is 7.72. The number of hydrogen-bond acceptors (Lipinski definition) is 4. The highest BCUT2D eigenvalue weighted by atomic mass is 19.1. The molecular weight excluding hydrogens is 197 g/mol. The highest BCUT2D eigenvalue weighted by molar-refractivity contribution is 5.41. The van der Waals surface area contributed by atoms with Crippen molar-refractivity contribution >= 4 is 5.82 Å². The molecule has 0 aliphatic carbocycles. The summed E-state index contributed by atoms with van der Waals surface area (Å²) in [4.78, 5) is 7.67. The Labute approximate surface area is 85.5 Å². The predicted octanol–water partition coefficient (Wildman–Crippen LogP) is 1.99. The summed E-state index contributed by atoms with van der Waals surface area (Å²) in [5.74, 6) is 0.294. The van der Waals surface area contributed by atoms with Crippen molar-refractivity contribution < 1.29 is 9.13 Å². The van der Waals surface area contributed by atoms with Gasteiger partial charge >= 0.3 is 0 Å². The van der Waals surface area contributed by atoms with E-state index >= 15 is 0 Å². The van der Waals surface area contributed by atoms with Gasteiger partial charge in [-0.3, -0.25) is 0 Å².